The third-order valence-corrected chi connectivity index (χ3v) is 2.72. The van der Waals surface area contributed by atoms with E-state index in [9.17, 15) is 4.79 Å². The highest BCUT2D eigenvalue weighted by Gasteiger charge is 2.08. The van der Waals surface area contributed by atoms with E-state index in [0.29, 0.717) is 17.2 Å². The number of carbonyl (C=O) groups excluding carboxylic acids is 1. The fraction of sp³-hybridized carbons (Fsp3) is 0. The quantitative estimate of drug-likeness (QED) is 0.793. The normalized spacial score (nSPS) is 10.1. The van der Waals surface area contributed by atoms with Crippen LogP contribution in [0.15, 0.2) is 61.2 Å². The zero-order valence-corrected chi connectivity index (χ0v) is 11.0. The second kappa shape index (κ2) is 5.87. The number of hydrogen-bond acceptors (Lipinski definition) is 5. The summed E-state index contributed by atoms with van der Waals surface area (Å²) in [4.78, 5) is 28.5. The van der Waals surface area contributed by atoms with Crippen LogP contribution >= 0.6 is 0 Å². The number of nitrogens with one attached hydrogen (secondary N) is 1. The van der Waals surface area contributed by atoms with Crippen molar-refractivity contribution >= 4 is 11.7 Å². The molecule has 6 nitrogen and oxygen atoms in total. The van der Waals surface area contributed by atoms with Gasteiger partial charge in [0.15, 0.2) is 5.82 Å². The van der Waals surface area contributed by atoms with Crippen LogP contribution in [-0.2, 0) is 0 Å². The summed E-state index contributed by atoms with van der Waals surface area (Å²) < 4.78 is 0. The van der Waals surface area contributed by atoms with Gasteiger partial charge in [-0.25, -0.2) is 9.97 Å². The Kier molecular flexibility index (Phi) is 3.60. The van der Waals surface area contributed by atoms with Gasteiger partial charge in [0.1, 0.15) is 11.4 Å². The Morgan fingerprint density at radius 1 is 0.810 bits per heavy atom. The summed E-state index contributed by atoms with van der Waals surface area (Å²) in [6.07, 6.45) is 6.31. The summed E-state index contributed by atoms with van der Waals surface area (Å²) in [5, 5.41) is 2.64. The highest BCUT2D eigenvalue weighted by atomic mass is 16.1. The van der Waals surface area contributed by atoms with Gasteiger partial charge in [-0.3, -0.25) is 14.8 Å². The van der Waals surface area contributed by atoms with Gasteiger partial charge in [0, 0.05) is 12.4 Å². The lowest BCUT2D eigenvalue weighted by Gasteiger charge is -2.04. The van der Waals surface area contributed by atoms with E-state index in [-0.39, 0.29) is 5.91 Å². The van der Waals surface area contributed by atoms with E-state index < -0.39 is 0 Å². The van der Waals surface area contributed by atoms with Crippen LogP contribution in [0.3, 0.4) is 0 Å². The Morgan fingerprint density at radius 2 is 1.62 bits per heavy atom. The summed E-state index contributed by atoms with van der Waals surface area (Å²) >= 11 is 0. The fourth-order valence-electron chi connectivity index (χ4n) is 1.72. The second-order valence-corrected chi connectivity index (χ2v) is 4.17. The molecule has 1 N–H and O–H groups in total. The third kappa shape index (κ3) is 3.06. The monoisotopic (exact) mass is 277 g/mol. The molecular formula is C15H11N5O. The van der Waals surface area contributed by atoms with E-state index in [1.807, 2.05) is 18.2 Å². The molecule has 0 spiro atoms. The van der Waals surface area contributed by atoms with Crippen LogP contribution in [0, 0.1) is 0 Å². The minimum atomic E-state index is -0.324. The number of rotatable bonds is 3. The van der Waals surface area contributed by atoms with Crippen molar-refractivity contribution in [3.63, 3.8) is 0 Å². The van der Waals surface area contributed by atoms with Crippen LogP contribution in [0.5, 0.6) is 0 Å². The van der Waals surface area contributed by atoms with E-state index in [4.69, 9.17) is 0 Å². The van der Waals surface area contributed by atoms with Gasteiger partial charge in [0.25, 0.3) is 5.91 Å². The van der Waals surface area contributed by atoms with Crippen molar-refractivity contribution in [3.8, 4) is 11.4 Å². The smallest absolute Gasteiger partial charge is 0.275 e. The van der Waals surface area contributed by atoms with Gasteiger partial charge >= 0.3 is 0 Å². The topological polar surface area (TPSA) is 80.7 Å². The van der Waals surface area contributed by atoms with Gasteiger partial charge in [0.2, 0.25) is 0 Å². The molecule has 21 heavy (non-hydrogen) atoms. The minimum absolute atomic E-state index is 0.324. The number of pyridine rings is 2. The first kappa shape index (κ1) is 12.9. The Hall–Kier alpha value is -3.15. The van der Waals surface area contributed by atoms with Gasteiger partial charge in [-0.1, -0.05) is 12.1 Å². The molecule has 0 aliphatic heterocycles. The van der Waals surface area contributed by atoms with E-state index in [0.717, 1.165) is 5.69 Å². The first-order valence-electron chi connectivity index (χ1n) is 6.29. The van der Waals surface area contributed by atoms with Gasteiger partial charge in [-0.15, -0.1) is 0 Å². The zero-order chi connectivity index (χ0) is 14.5. The van der Waals surface area contributed by atoms with E-state index >= 15 is 0 Å². The molecule has 3 aromatic heterocycles. The Balaban J connectivity index is 1.75. The maximum absolute atomic E-state index is 11.9. The molecule has 3 aromatic rings. The van der Waals surface area contributed by atoms with Crippen LogP contribution in [0.25, 0.3) is 11.4 Å². The lowest BCUT2D eigenvalue weighted by molar-refractivity contribution is 0.102. The molecule has 0 saturated carbocycles. The van der Waals surface area contributed by atoms with Crippen molar-refractivity contribution in [1.29, 1.82) is 0 Å². The number of hydrogen-bond donors (Lipinski definition) is 1. The van der Waals surface area contributed by atoms with Gasteiger partial charge < -0.3 is 5.32 Å². The van der Waals surface area contributed by atoms with Crippen LogP contribution in [0.2, 0.25) is 0 Å². The van der Waals surface area contributed by atoms with Gasteiger partial charge in [0.05, 0.1) is 18.1 Å². The number of aromatic nitrogens is 4. The molecule has 0 aromatic carbocycles. The van der Waals surface area contributed by atoms with E-state index in [1.165, 1.54) is 6.20 Å². The molecule has 0 radical (unpaired) electrons. The lowest BCUT2D eigenvalue weighted by atomic mass is 10.3. The van der Waals surface area contributed by atoms with Crippen molar-refractivity contribution in [2.45, 2.75) is 0 Å². The maximum atomic E-state index is 11.9. The zero-order valence-electron chi connectivity index (χ0n) is 11.0. The van der Waals surface area contributed by atoms with Gasteiger partial charge in [-0.2, -0.15) is 0 Å². The molecule has 0 bridgehead atoms. The highest BCUT2D eigenvalue weighted by Crippen LogP contribution is 2.13. The van der Waals surface area contributed by atoms with Crippen molar-refractivity contribution in [3.05, 3.63) is 66.9 Å². The predicted octanol–water partition coefficient (Wildman–Crippen LogP) is 2.19. The van der Waals surface area contributed by atoms with Crippen LogP contribution in [0.4, 0.5) is 5.82 Å². The minimum Gasteiger partial charge on any atom is -0.304 e. The summed E-state index contributed by atoms with van der Waals surface area (Å²) in [5.41, 5.74) is 1.70. The third-order valence-electron chi connectivity index (χ3n) is 2.72. The second-order valence-electron chi connectivity index (χ2n) is 4.17. The van der Waals surface area contributed by atoms with Crippen molar-refractivity contribution in [2.75, 3.05) is 5.32 Å². The Labute approximate surface area is 121 Å². The number of amides is 1. The van der Waals surface area contributed by atoms with Crippen LogP contribution in [0.1, 0.15) is 10.5 Å². The maximum Gasteiger partial charge on any atom is 0.275 e. The largest absolute Gasteiger partial charge is 0.304 e. The molecule has 1 amide bonds. The molecule has 0 aliphatic rings. The van der Waals surface area contributed by atoms with E-state index in [1.54, 1.807) is 36.8 Å². The molecule has 3 heterocycles. The molecule has 102 valence electrons. The first-order chi connectivity index (χ1) is 10.3. The first-order valence-corrected chi connectivity index (χ1v) is 6.29. The summed E-state index contributed by atoms with van der Waals surface area (Å²) in [6.45, 7) is 0. The summed E-state index contributed by atoms with van der Waals surface area (Å²) in [7, 11) is 0. The fourth-order valence-corrected chi connectivity index (χ4v) is 1.72. The predicted molar refractivity (Wildman–Crippen MR) is 77.5 cm³/mol. The molecular weight excluding hydrogens is 266 g/mol. The van der Waals surface area contributed by atoms with Crippen molar-refractivity contribution in [2.24, 2.45) is 0 Å². The summed E-state index contributed by atoms with van der Waals surface area (Å²) in [5.74, 6) is 0.0424. The molecule has 0 unspecified atom stereocenters. The van der Waals surface area contributed by atoms with E-state index in [2.05, 4.69) is 25.3 Å². The Bertz CT molecular complexity index is 729. The molecule has 0 aliphatic carbocycles. The van der Waals surface area contributed by atoms with Crippen LogP contribution < -0.4 is 5.32 Å². The lowest BCUT2D eigenvalue weighted by Crippen LogP contribution is -2.14. The molecule has 3 rings (SSSR count). The number of carbonyl (C=O) groups is 1. The standard InChI is InChI=1S/C15H11N5O/c21-15(12-6-2-4-8-17-12)20-14-10-18-13(9-19-14)11-5-1-3-7-16-11/h1-10H,(H,19,20,21). The summed E-state index contributed by atoms with van der Waals surface area (Å²) in [6, 6.07) is 10.7. The number of nitrogens with zero attached hydrogens (tertiary/aromatic N) is 4. The molecule has 0 saturated heterocycles. The average Bonchev–Trinajstić information content (AvgIpc) is 2.57. The SMILES string of the molecule is O=C(Nc1cnc(-c2ccccn2)cn1)c1ccccn1. The molecule has 0 atom stereocenters. The molecule has 0 fully saturated rings. The van der Waals surface area contributed by atoms with Crippen molar-refractivity contribution in [1.82, 2.24) is 19.9 Å². The van der Waals surface area contributed by atoms with Crippen LogP contribution in [-0.4, -0.2) is 25.8 Å². The number of anilines is 1. The highest BCUT2D eigenvalue weighted by molar-refractivity contribution is 6.02. The molecule has 6 heteroatoms. The van der Waals surface area contributed by atoms with Gasteiger partial charge in [-0.05, 0) is 24.3 Å². The van der Waals surface area contributed by atoms with Crippen molar-refractivity contribution < 1.29 is 4.79 Å². The average molecular weight is 277 g/mol. The Morgan fingerprint density at radius 3 is 2.24 bits per heavy atom.